The number of benzene rings is 1. The van der Waals surface area contributed by atoms with E-state index in [0.717, 1.165) is 53.6 Å². The molecule has 1 aromatic carbocycles. The Balaban J connectivity index is 2.54. The largest absolute Gasteiger partial charge is 0.491 e. The van der Waals surface area contributed by atoms with Crippen LogP contribution in [0.1, 0.15) is 49.7 Å². The maximum Gasteiger partial charge on any atom is 0.152 e. The maximum absolute atomic E-state index is 11.4. The van der Waals surface area contributed by atoms with Crippen molar-refractivity contribution in [2.75, 3.05) is 0 Å². The van der Waals surface area contributed by atoms with Crippen LogP contribution >= 0.6 is 0 Å². The molecule has 0 saturated carbocycles. The first kappa shape index (κ1) is 14.6. The average Bonchev–Trinajstić information content (AvgIpc) is 2.66. The molecule has 0 amide bonds. The van der Waals surface area contributed by atoms with E-state index in [9.17, 15) is 4.79 Å². The van der Waals surface area contributed by atoms with Gasteiger partial charge in [-0.25, -0.2) is 0 Å². The summed E-state index contributed by atoms with van der Waals surface area (Å²) in [6.45, 7) is 9.15. The number of carbonyl (C=O) groups excluding carboxylic acids is 1. The number of rotatable bonds is 6. The van der Waals surface area contributed by atoms with Gasteiger partial charge in [-0.3, -0.25) is 4.79 Å². The molecule has 0 aliphatic rings. The fourth-order valence-corrected chi connectivity index (χ4v) is 2.59. The van der Waals surface area contributed by atoms with E-state index in [1.807, 2.05) is 32.9 Å². The Labute approximate surface area is 120 Å². The lowest BCUT2D eigenvalue weighted by molar-refractivity contribution is 0.112. The summed E-state index contributed by atoms with van der Waals surface area (Å²) >= 11 is 0. The van der Waals surface area contributed by atoms with Gasteiger partial charge in [-0.15, -0.1) is 0 Å². The van der Waals surface area contributed by atoms with Crippen molar-refractivity contribution in [3.8, 4) is 5.75 Å². The summed E-state index contributed by atoms with van der Waals surface area (Å²) in [5.74, 6) is 0.822. The first-order valence-corrected chi connectivity index (χ1v) is 7.33. The van der Waals surface area contributed by atoms with Crippen molar-refractivity contribution >= 4 is 17.2 Å². The Hall–Kier alpha value is -1.77. The van der Waals surface area contributed by atoms with Crippen molar-refractivity contribution in [1.29, 1.82) is 0 Å². The van der Waals surface area contributed by atoms with E-state index in [1.165, 1.54) is 0 Å². The van der Waals surface area contributed by atoms with E-state index in [1.54, 1.807) is 0 Å². The second-order valence-electron chi connectivity index (χ2n) is 5.47. The number of aromatic nitrogens is 1. The van der Waals surface area contributed by atoms with Gasteiger partial charge in [0.15, 0.2) is 6.29 Å². The van der Waals surface area contributed by atoms with Gasteiger partial charge in [0.05, 0.1) is 6.10 Å². The van der Waals surface area contributed by atoms with Gasteiger partial charge in [0.2, 0.25) is 0 Å². The Morgan fingerprint density at radius 3 is 2.70 bits per heavy atom. The van der Waals surface area contributed by atoms with Gasteiger partial charge in [-0.05, 0) is 45.4 Å². The molecule has 0 spiro atoms. The zero-order valence-electron chi connectivity index (χ0n) is 12.8. The molecule has 0 bridgehead atoms. The first-order valence-electron chi connectivity index (χ1n) is 7.33. The summed E-state index contributed by atoms with van der Waals surface area (Å²) in [4.78, 5) is 11.4. The molecule has 0 aliphatic carbocycles. The summed E-state index contributed by atoms with van der Waals surface area (Å²) in [5, 5.41) is 0.992. The zero-order chi connectivity index (χ0) is 14.7. The molecule has 0 N–H and O–H groups in total. The van der Waals surface area contributed by atoms with Crippen molar-refractivity contribution in [2.24, 2.45) is 0 Å². The molecule has 2 rings (SSSR count). The van der Waals surface area contributed by atoms with E-state index >= 15 is 0 Å². The summed E-state index contributed by atoms with van der Waals surface area (Å²) in [6, 6.07) is 6.02. The molecular formula is C17H23NO2. The van der Waals surface area contributed by atoms with E-state index in [0.29, 0.717) is 0 Å². The molecule has 0 saturated heterocycles. The zero-order valence-corrected chi connectivity index (χ0v) is 12.8. The predicted octanol–water partition coefficient (Wildman–Crippen LogP) is 4.35. The Kier molecular flexibility index (Phi) is 4.48. The van der Waals surface area contributed by atoms with Gasteiger partial charge < -0.3 is 9.30 Å². The highest BCUT2D eigenvalue weighted by Gasteiger charge is 2.14. The standard InChI is InChI=1S/C17H23NO2/c1-5-6-9-18-13(4)16(11-19)15-10-14(20-12(2)3)7-8-17(15)18/h7-8,10-12H,5-6,9H2,1-4H3. The van der Waals surface area contributed by atoms with Crippen LogP contribution in [0.15, 0.2) is 18.2 Å². The minimum absolute atomic E-state index is 0.135. The number of carbonyl (C=O) groups is 1. The van der Waals surface area contributed by atoms with Gasteiger partial charge in [0, 0.05) is 28.7 Å². The molecule has 20 heavy (non-hydrogen) atoms. The van der Waals surface area contributed by atoms with E-state index in [4.69, 9.17) is 4.74 Å². The van der Waals surface area contributed by atoms with Crippen molar-refractivity contribution in [3.63, 3.8) is 0 Å². The van der Waals surface area contributed by atoms with Crippen LogP contribution < -0.4 is 4.74 Å². The quantitative estimate of drug-likeness (QED) is 0.733. The molecule has 1 aromatic heterocycles. The van der Waals surface area contributed by atoms with Crippen LogP contribution in [0, 0.1) is 6.92 Å². The molecule has 2 aromatic rings. The number of ether oxygens (including phenoxy) is 1. The third-order valence-electron chi connectivity index (χ3n) is 3.57. The minimum atomic E-state index is 0.135. The van der Waals surface area contributed by atoms with Gasteiger partial charge in [0.1, 0.15) is 5.75 Å². The summed E-state index contributed by atoms with van der Waals surface area (Å²) in [5.41, 5.74) is 2.95. The third kappa shape index (κ3) is 2.72. The molecule has 0 aliphatic heterocycles. The highest BCUT2D eigenvalue weighted by molar-refractivity contribution is 6.00. The monoisotopic (exact) mass is 273 g/mol. The third-order valence-corrected chi connectivity index (χ3v) is 3.57. The van der Waals surface area contributed by atoms with Crippen molar-refractivity contribution in [3.05, 3.63) is 29.5 Å². The number of aryl methyl sites for hydroxylation is 1. The van der Waals surface area contributed by atoms with E-state index < -0.39 is 0 Å². The number of nitrogens with zero attached hydrogens (tertiary/aromatic N) is 1. The van der Waals surface area contributed by atoms with Crippen LogP contribution in [-0.4, -0.2) is 17.0 Å². The topological polar surface area (TPSA) is 31.2 Å². The number of fused-ring (bicyclic) bond motifs is 1. The van der Waals surface area contributed by atoms with E-state index in [-0.39, 0.29) is 6.10 Å². The van der Waals surface area contributed by atoms with Crippen molar-refractivity contribution < 1.29 is 9.53 Å². The second-order valence-corrected chi connectivity index (χ2v) is 5.47. The minimum Gasteiger partial charge on any atom is -0.491 e. The van der Waals surface area contributed by atoms with Crippen molar-refractivity contribution in [2.45, 2.75) is 53.2 Å². The Morgan fingerprint density at radius 2 is 2.10 bits per heavy atom. The van der Waals surface area contributed by atoms with Gasteiger partial charge in [0.25, 0.3) is 0 Å². The molecule has 0 atom stereocenters. The fourth-order valence-electron chi connectivity index (χ4n) is 2.59. The van der Waals surface area contributed by atoms with E-state index in [2.05, 4.69) is 17.6 Å². The number of hydrogen-bond donors (Lipinski definition) is 0. The summed E-state index contributed by atoms with van der Waals surface area (Å²) < 4.78 is 7.96. The molecule has 0 radical (unpaired) electrons. The molecule has 3 heteroatoms. The second kappa shape index (κ2) is 6.12. The van der Waals surface area contributed by atoms with Crippen LogP contribution in [0.4, 0.5) is 0 Å². The molecule has 108 valence electrons. The van der Waals surface area contributed by atoms with Gasteiger partial charge in [-0.2, -0.15) is 0 Å². The number of aldehydes is 1. The lowest BCUT2D eigenvalue weighted by atomic mass is 10.1. The molecule has 3 nitrogen and oxygen atoms in total. The van der Waals surface area contributed by atoms with Crippen LogP contribution in [0.2, 0.25) is 0 Å². The van der Waals surface area contributed by atoms with Crippen LogP contribution in [0.25, 0.3) is 10.9 Å². The molecule has 0 unspecified atom stereocenters. The van der Waals surface area contributed by atoms with Crippen molar-refractivity contribution in [1.82, 2.24) is 4.57 Å². The highest BCUT2D eigenvalue weighted by atomic mass is 16.5. The van der Waals surface area contributed by atoms with Gasteiger partial charge >= 0.3 is 0 Å². The van der Waals surface area contributed by atoms with Crippen LogP contribution in [0.3, 0.4) is 0 Å². The predicted molar refractivity (Wildman–Crippen MR) is 82.7 cm³/mol. The number of hydrogen-bond acceptors (Lipinski definition) is 2. The normalized spacial score (nSPS) is 11.2. The lowest BCUT2D eigenvalue weighted by Gasteiger charge is -2.10. The average molecular weight is 273 g/mol. The molecular weight excluding hydrogens is 250 g/mol. The highest BCUT2D eigenvalue weighted by Crippen LogP contribution is 2.29. The maximum atomic E-state index is 11.4. The Morgan fingerprint density at radius 1 is 1.35 bits per heavy atom. The van der Waals surface area contributed by atoms with Crippen LogP contribution in [-0.2, 0) is 6.54 Å². The lowest BCUT2D eigenvalue weighted by Crippen LogP contribution is -2.05. The fraction of sp³-hybridized carbons (Fsp3) is 0.471. The Bertz CT molecular complexity index is 611. The van der Waals surface area contributed by atoms with Crippen LogP contribution in [0.5, 0.6) is 5.75 Å². The molecule has 0 fully saturated rings. The SMILES string of the molecule is CCCCn1c(C)c(C=O)c2cc(OC(C)C)ccc21. The smallest absolute Gasteiger partial charge is 0.152 e. The molecule has 1 heterocycles. The summed E-state index contributed by atoms with van der Waals surface area (Å²) in [6.07, 6.45) is 3.35. The summed E-state index contributed by atoms with van der Waals surface area (Å²) in [7, 11) is 0. The number of unbranched alkanes of at least 4 members (excludes halogenated alkanes) is 1. The van der Waals surface area contributed by atoms with Gasteiger partial charge in [-0.1, -0.05) is 13.3 Å². The first-order chi connectivity index (χ1) is 9.58.